The topological polar surface area (TPSA) is 69.2 Å². The van der Waals surface area contributed by atoms with Crippen LogP contribution in [0.1, 0.15) is 20.7 Å². The first-order chi connectivity index (χ1) is 9.47. The zero-order chi connectivity index (χ0) is 14.7. The number of aromatic carboxylic acids is 1. The molecular weight excluding hydrogens is 346 g/mol. The third-order valence-electron chi connectivity index (χ3n) is 2.56. The quantitative estimate of drug-likeness (QED) is 0.922. The zero-order valence-electron chi connectivity index (χ0n) is 10.0. The van der Waals surface area contributed by atoms with Gasteiger partial charge in [0, 0.05) is 20.6 Å². The number of benzene rings is 2. The molecule has 2 aromatic carbocycles. The van der Waals surface area contributed by atoms with E-state index in [1.807, 2.05) is 0 Å². The standard InChI is InChI=1S/C14H9BrClNO3/c15-9-3-6-12(11(7-9)14(19)20)17-13(18)8-1-4-10(16)5-2-8/h1-7H,(H,17,18)(H,19,20)/p-1. The maximum atomic E-state index is 12.0. The van der Waals surface area contributed by atoms with Crippen molar-refractivity contribution in [2.75, 3.05) is 5.32 Å². The summed E-state index contributed by atoms with van der Waals surface area (Å²) in [5.41, 5.74) is 0.455. The summed E-state index contributed by atoms with van der Waals surface area (Å²) in [4.78, 5) is 23.0. The molecule has 1 amide bonds. The second-order valence-electron chi connectivity index (χ2n) is 3.94. The Labute approximate surface area is 128 Å². The van der Waals surface area contributed by atoms with Gasteiger partial charge in [0.15, 0.2) is 0 Å². The lowest BCUT2D eigenvalue weighted by Crippen LogP contribution is -2.25. The lowest BCUT2D eigenvalue weighted by atomic mass is 10.1. The van der Waals surface area contributed by atoms with E-state index in [-0.39, 0.29) is 11.3 Å². The van der Waals surface area contributed by atoms with Crippen molar-refractivity contribution in [1.82, 2.24) is 0 Å². The Morgan fingerprint density at radius 1 is 1.10 bits per heavy atom. The molecule has 20 heavy (non-hydrogen) atoms. The fourth-order valence-corrected chi connectivity index (χ4v) is 2.08. The minimum Gasteiger partial charge on any atom is -0.545 e. The molecule has 4 nitrogen and oxygen atoms in total. The first kappa shape index (κ1) is 14.6. The Hall–Kier alpha value is -1.85. The van der Waals surface area contributed by atoms with E-state index in [1.165, 1.54) is 12.1 Å². The number of anilines is 1. The molecule has 0 unspecified atom stereocenters. The molecule has 2 rings (SSSR count). The van der Waals surface area contributed by atoms with Crippen LogP contribution in [0.15, 0.2) is 46.9 Å². The Morgan fingerprint density at radius 3 is 2.35 bits per heavy atom. The van der Waals surface area contributed by atoms with Gasteiger partial charge >= 0.3 is 0 Å². The Kier molecular flexibility index (Phi) is 4.42. The van der Waals surface area contributed by atoms with E-state index >= 15 is 0 Å². The van der Waals surface area contributed by atoms with Gasteiger partial charge in [-0.15, -0.1) is 0 Å². The van der Waals surface area contributed by atoms with E-state index in [0.717, 1.165) is 0 Å². The van der Waals surface area contributed by atoms with Gasteiger partial charge in [-0.05, 0) is 42.5 Å². The SMILES string of the molecule is O=C(Nc1ccc(Br)cc1C(=O)[O-])c1ccc(Cl)cc1. The predicted octanol–water partition coefficient (Wildman–Crippen LogP) is 2.72. The molecule has 0 aromatic heterocycles. The van der Waals surface area contributed by atoms with Crippen LogP contribution in [-0.2, 0) is 0 Å². The maximum Gasteiger partial charge on any atom is 0.255 e. The Balaban J connectivity index is 2.28. The van der Waals surface area contributed by atoms with E-state index in [9.17, 15) is 14.7 Å². The van der Waals surface area contributed by atoms with Crippen molar-refractivity contribution in [3.63, 3.8) is 0 Å². The van der Waals surface area contributed by atoms with Gasteiger partial charge in [0.05, 0.1) is 11.7 Å². The Morgan fingerprint density at radius 2 is 1.75 bits per heavy atom. The van der Waals surface area contributed by atoms with E-state index in [1.54, 1.807) is 30.3 Å². The monoisotopic (exact) mass is 352 g/mol. The van der Waals surface area contributed by atoms with Crippen molar-refractivity contribution in [1.29, 1.82) is 0 Å². The van der Waals surface area contributed by atoms with Crippen LogP contribution in [0.3, 0.4) is 0 Å². The summed E-state index contributed by atoms with van der Waals surface area (Å²) in [7, 11) is 0. The number of carboxylic acids is 1. The maximum absolute atomic E-state index is 12.0. The molecule has 0 saturated heterocycles. The second-order valence-corrected chi connectivity index (χ2v) is 5.29. The lowest BCUT2D eigenvalue weighted by Gasteiger charge is -2.12. The molecular formula is C14H8BrClNO3-. The van der Waals surface area contributed by atoms with Crippen molar-refractivity contribution in [3.8, 4) is 0 Å². The molecule has 0 radical (unpaired) electrons. The fourth-order valence-electron chi connectivity index (χ4n) is 1.59. The molecule has 6 heteroatoms. The zero-order valence-corrected chi connectivity index (χ0v) is 12.4. The summed E-state index contributed by atoms with van der Waals surface area (Å²) in [5, 5.41) is 14.1. The van der Waals surface area contributed by atoms with Gasteiger partial charge in [-0.25, -0.2) is 0 Å². The lowest BCUT2D eigenvalue weighted by molar-refractivity contribution is -0.254. The van der Waals surface area contributed by atoms with Crippen LogP contribution in [0, 0.1) is 0 Å². The molecule has 0 atom stereocenters. The van der Waals surface area contributed by atoms with Gasteiger partial charge < -0.3 is 15.2 Å². The highest BCUT2D eigenvalue weighted by molar-refractivity contribution is 9.10. The highest BCUT2D eigenvalue weighted by atomic mass is 79.9. The molecule has 0 bridgehead atoms. The van der Waals surface area contributed by atoms with Crippen LogP contribution in [0.25, 0.3) is 0 Å². The summed E-state index contributed by atoms with van der Waals surface area (Å²) >= 11 is 8.90. The first-order valence-electron chi connectivity index (χ1n) is 5.55. The van der Waals surface area contributed by atoms with Gasteiger partial charge in [0.1, 0.15) is 0 Å². The average molecular weight is 354 g/mol. The number of hydrogen-bond acceptors (Lipinski definition) is 3. The van der Waals surface area contributed by atoms with Crippen molar-refractivity contribution < 1.29 is 14.7 Å². The van der Waals surface area contributed by atoms with Crippen molar-refractivity contribution in [2.24, 2.45) is 0 Å². The summed E-state index contributed by atoms with van der Waals surface area (Å²) in [5.74, 6) is -1.79. The molecule has 0 spiro atoms. The summed E-state index contributed by atoms with van der Waals surface area (Å²) in [6.07, 6.45) is 0. The van der Waals surface area contributed by atoms with Gasteiger partial charge in [-0.2, -0.15) is 0 Å². The van der Waals surface area contributed by atoms with Crippen LogP contribution >= 0.6 is 27.5 Å². The van der Waals surface area contributed by atoms with Gasteiger partial charge in [0.2, 0.25) is 0 Å². The summed E-state index contributed by atoms with van der Waals surface area (Å²) in [6, 6.07) is 10.7. The molecule has 0 aliphatic heterocycles. The van der Waals surface area contributed by atoms with Crippen LogP contribution in [0.2, 0.25) is 5.02 Å². The molecule has 0 aliphatic carbocycles. The minimum atomic E-state index is -1.36. The van der Waals surface area contributed by atoms with Crippen molar-refractivity contribution in [3.05, 3.63) is 63.1 Å². The molecule has 0 fully saturated rings. The molecule has 0 saturated carbocycles. The van der Waals surface area contributed by atoms with Crippen LogP contribution in [-0.4, -0.2) is 11.9 Å². The van der Waals surface area contributed by atoms with Crippen LogP contribution < -0.4 is 10.4 Å². The van der Waals surface area contributed by atoms with E-state index in [4.69, 9.17) is 11.6 Å². The number of halogens is 2. The van der Waals surface area contributed by atoms with E-state index in [0.29, 0.717) is 15.1 Å². The smallest absolute Gasteiger partial charge is 0.255 e. The summed E-state index contributed by atoms with van der Waals surface area (Å²) < 4.78 is 0.584. The molecule has 0 aliphatic rings. The number of rotatable bonds is 3. The predicted molar refractivity (Wildman–Crippen MR) is 77.9 cm³/mol. The number of carbonyl (C=O) groups is 2. The first-order valence-corrected chi connectivity index (χ1v) is 6.72. The highest BCUT2D eigenvalue weighted by Crippen LogP contribution is 2.21. The Bertz CT molecular complexity index is 671. The number of amides is 1. The summed E-state index contributed by atoms with van der Waals surface area (Å²) in [6.45, 7) is 0. The van der Waals surface area contributed by atoms with E-state index in [2.05, 4.69) is 21.2 Å². The van der Waals surface area contributed by atoms with Crippen LogP contribution in [0.4, 0.5) is 5.69 Å². The number of hydrogen-bond donors (Lipinski definition) is 1. The van der Waals surface area contributed by atoms with Gasteiger partial charge in [-0.1, -0.05) is 27.5 Å². The number of nitrogens with one attached hydrogen (secondary N) is 1. The van der Waals surface area contributed by atoms with E-state index < -0.39 is 11.9 Å². The molecule has 2 aromatic rings. The van der Waals surface area contributed by atoms with Crippen LogP contribution in [0.5, 0.6) is 0 Å². The highest BCUT2D eigenvalue weighted by Gasteiger charge is 2.10. The second kappa shape index (κ2) is 6.07. The minimum absolute atomic E-state index is 0.0957. The normalized spacial score (nSPS) is 10.1. The molecule has 0 heterocycles. The third-order valence-corrected chi connectivity index (χ3v) is 3.30. The van der Waals surface area contributed by atoms with Gasteiger partial charge in [-0.3, -0.25) is 4.79 Å². The van der Waals surface area contributed by atoms with Gasteiger partial charge in [0.25, 0.3) is 5.91 Å². The largest absolute Gasteiger partial charge is 0.545 e. The number of carbonyl (C=O) groups excluding carboxylic acids is 2. The average Bonchev–Trinajstić information content (AvgIpc) is 2.41. The molecule has 102 valence electrons. The fraction of sp³-hybridized carbons (Fsp3) is 0. The molecule has 1 N–H and O–H groups in total. The third kappa shape index (κ3) is 3.37. The van der Waals surface area contributed by atoms with Crippen molar-refractivity contribution >= 4 is 45.1 Å². The number of carboxylic acid groups (broad SMARTS) is 1. The van der Waals surface area contributed by atoms with Crippen molar-refractivity contribution in [2.45, 2.75) is 0 Å².